The van der Waals surface area contributed by atoms with Gasteiger partial charge in [0.1, 0.15) is 0 Å². The Balaban J connectivity index is 1.94. The Kier molecular flexibility index (Phi) is 7.42. The van der Waals surface area contributed by atoms with Gasteiger partial charge in [0.05, 0.1) is 6.61 Å². The minimum atomic E-state index is 0.635. The van der Waals surface area contributed by atoms with E-state index in [4.69, 9.17) is 16.3 Å². The SMILES string of the molecule is CC(C)COCCNCC1CCCC1CCl. The molecule has 0 aliphatic heterocycles. The van der Waals surface area contributed by atoms with Gasteiger partial charge in [-0.3, -0.25) is 0 Å². The van der Waals surface area contributed by atoms with Gasteiger partial charge in [-0.1, -0.05) is 20.3 Å². The number of alkyl halides is 1. The van der Waals surface area contributed by atoms with Crippen molar-refractivity contribution < 1.29 is 4.74 Å². The van der Waals surface area contributed by atoms with Gasteiger partial charge in [0.15, 0.2) is 0 Å². The first-order chi connectivity index (χ1) is 7.74. The predicted octanol–water partition coefficient (Wildman–Crippen LogP) is 2.90. The molecule has 0 aromatic rings. The maximum absolute atomic E-state index is 5.95. The molecule has 0 aromatic carbocycles. The average molecular weight is 248 g/mol. The second kappa shape index (κ2) is 8.32. The summed E-state index contributed by atoms with van der Waals surface area (Å²) in [6, 6.07) is 0. The van der Waals surface area contributed by atoms with Crippen molar-refractivity contribution in [1.82, 2.24) is 5.32 Å². The molecule has 1 aliphatic rings. The van der Waals surface area contributed by atoms with E-state index in [9.17, 15) is 0 Å². The van der Waals surface area contributed by atoms with Crippen LogP contribution in [0, 0.1) is 17.8 Å². The molecule has 2 unspecified atom stereocenters. The van der Waals surface area contributed by atoms with Gasteiger partial charge in [-0.25, -0.2) is 0 Å². The van der Waals surface area contributed by atoms with Crippen LogP contribution < -0.4 is 5.32 Å². The van der Waals surface area contributed by atoms with E-state index in [0.29, 0.717) is 5.92 Å². The lowest BCUT2D eigenvalue weighted by Crippen LogP contribution is -2.29. The molecule has 0 bridgehead atoms. The molecule has 1 rings (SSSR count). The largest absolute Gasteiger partial charge is 0.380 e. The Labute approximate surface area is 105 Å². The topological polar surface area (TPSA) is 21.3 Å². The van der Waals surface area contributed by atoms with Gasteiger partial charge in [-0.15, -0.1) is 11.6 Å². The van der Waals surface area contributed by atoms with Crippen molar-refractivity contribution in [3.8, 4) is 0 Å². The molecule has 2 nitrogen and oxygen atoms in total. The Hall–Kier alpha value is 0.210. The molecule has 0 aromatic heterocycles. The zero-order valence-corrected chi connectivity index (χ0v) is 11.4. The minimum Gasteiger partial charge on any atom is -0.380 e. The summed E-state index contributed by atoms with van der Waals surface area (Å²) in [4.78, 5) is 0. The molecule has 1 saturated carbocycles. The van der Waals surface area contributed by atoms with E-state index in [1.165, 1.54) is 19.3 Å². The third kappa shape index (κ3) is 5.51. The molecule has 1 fully saturated rings. The van der Waals surface area contributed by atoms with Gasteiger partial charge < -0.3 is 10.1 Å². The summed E-state index contributed by atoms with van der Waals surface area (Å²) < 4.78 is 5.52. The van der Waals surface area contributed by atoms with Crippen LogP contribution >= 0.6 is 11.6 Å². The molecule has 1 aliphatic carbocycles. The summed E-state index contributed by atoms with van der Waals surface area (Å²) in [5.41, 5.74) is 0. The van der Waals surface area contributed by atoms with Gasteiger partial charge in [0.2, 0.25) is 0 Å². The van der Waals surface area contributed by atoms with Crippen molar-refractivity contribution in [3.63, 3.8) is 0 Å². The number of hydrogen-bond acceptors (Lipinski definition) is 2. The highest BCUT2D eigenvalue weighted by Gasteiger charge is 2.25. The van der Waals surface area contributed by atoms with Crippen LogP contribution in [-0.2, 0) is 4.74 Å². The Morgan fingerprint density at radius 2 is 2.06 bits per heavy atom. The first kappa shape index (κ1) is 14.3. The molecule has 0 amide bonds. The Morgan fingerprint density at radius 1 is 1.31 bits per heavy atom. The van der Waals surface area contributed by atoms with E-state index in [0.717, 1.165) is 44.0 Å². The number of hydrogen-bond donors (Lipinski definition) is 1. The molecule has 3 heteroatoms. The smallest absolute Gasteiger partial charge is 0.0591 e. The molecule has 0 saturated heterocycles. The standard InChI is InChI=1S/C13H26ClNO/c1-11(2)10-16-7-6-15-9-13-5-3-4-12(13)8-14/h11-13,15H,3-10H2,1-2H3. The molecule has 0 radical (unpaired) electrons. The summed E-state index contributed by atoms with van der Waals surface area (Å²) >= 11 is 5.95. The van der Waals surface area contributed by atoms with E-state index >= 15 is 0 Å². The predicted molar refractivity (Wildman–Crippen MR) is 70.1 cm³/mol. The zero-order chi connectivity index (χ0) is 11.8. The lowest BCUT2D eigenvalue weighted by atomic mass is 9.98. The third-order valence-electron chi connectivity index (χ3n) is 3.30. The van der Waals surface area contributed by atoms with Gasteiger partial charge >= 0.3 is 0 Å². The zero-order valence-electron chi connectivity index (χ0n) is 10.7. The van der Waals surface area contributed by atoms with E-state index < -0.39 is 0 Å². The highest BCUT2D eigenvalue weighted by atomic mass is 35.5. The van der Waals surface area contributed by atoms with E-state index in [1.807, 2.05) is 0 Å². The summed E-state index contributed by atoms with van der Waals surface area (Å²) in [6.45, 7) is 8.14. The third-order valence-corrected chi connectivity index (χ3v) is 3.69. The van der Waals surface area contributed by atoms with Crippen LogP contribution in [0.4, 0.5) is 0 Å². The maximum Gasteiger partial charge on any atom is 0.0591 e. The van der Waals surface area contributed by atoms with Crippen LogP contribution in [0.5, 0.6) is 0 Å². The normalized spacial score (nSPS) is 25.5. The first-order valence-corrected chi connectivity index (χ1v) is 7.12. The molecule has 0 heterocycles. The lowest BCUT2D eigenvalue weighted by Gasteiger charge is -2.17. The van der Waals surface area contributed by atoms with Crippen molar-refractivity contribution in [3.05, 3.63) is 0 Å². The first-order valence-electron chi connectivity index (χ1n) is 6.58. The fourth-order valence-corrected chi connectivity index (χ4v) is 2.74. The summed E-state index contributed by atoms with van der Waals surface area (Å²) in [6.07, 6.45) is 4.02. The lowest BCUT2D eigenvalue weighted by molar-refractivity contribution is 0.111. The molecule has 1 N–H and O–H groups in total. The van der Waals surface area contributed by atoms with Gasteiger partial charge in [-0.2, -0.15) is 0 Å². The fourth-order valence-electron chi connectivity index (χ4n) is 2.34. The van der Waals surface area contributed by atoms with Crippen LogP contribution in [0.2, 0.25) is 0 Å². The summed E-state index contributed by atoms with van der Waals surface area (Å²) in [5, 5.41) is 3.48. The molecular weight excluding hydrogens is 222 g/mol. The molecule has 0 spiro atoms. The average Bonchev–Trinajstić information content (AvgIpc) is 2.70. The molecule has 16 heavy (non-hydrogen) atoms. The van der Waals surface area contributed by atoms with Crippen molar-refractivity contribution in [2.75, 3.05) is 32.2 Å². The number of nitrogens with one attached hydrogen (secondary N) is 1. The van der Waals surface area contributed by atoms with Crippen molar-refractivity contribution >= 4 is 11.6 Å². The van der Waals surface area contributed by atoms with E-state index in [1.54, 1.807) is 0 Å². The number of ether oxygens (including phenoxy) is 1. The van der Waals surface area contributed by atoms with Gasteiger partial charge in [0.25, 0.3) is 0 Å². The Bertz CT molecular complexity index is 175. The van der Waals surface area contributed by atoms with Crippen LogP contribution in [0.3, 0.4) is 0 Å². The van der Waals surface area contributed by atoms with Crippen LogP contribution in [0.25, 0.3) is 0 Å². The van der Waals surface area contributed by atoms with Gasteiger partial charge in [-0.05, 0) is 37.1 Å². The summed E-state index contributed by atoms with van der Waals surface area (Å²) in [5.74, 6) is 3.00. The number of rotatable bonds is 8. The van der Waals surface area contributed by atoms with Gasteiger partial charge in [0, 0.05) is 19.0 Å². The van der Waals surface area contributed by atoms with E-state index in [2.05, 4.69) is 19.2 Å². The Morgan fingerprint density at radius 3 is 2.75 bits per heavy atom. The van der Waals surface area contributed by atoms with E-state index in [-0.39, 0.29) is 0 Å². The van der Waals surface area contributed by atoms with Crippen LogP contribution in [0.1, 0.15) is 33.1 Å². The monoisotopic (exact) mass is 247 g/mol. The highest BCUT2D eigenvalue weighted by molar-refractivity contribution is 6.18. The van der Waals surface area contributed by atoms with Crippen molar-refractivity contribution in [2.45, 2.75) is 33.1 Å². The second-order valence-corrected chi connectivity index (χ2v) is 5.59. The highest BCUT2D eigenvalue weighted by Crippen LogP contribution is 2.31. The maximum atomic E-state index is 5.95. The quantitative estimate of drug-likeness (QED) is 0.526. The van der Waals surface area contributed by atoms with Crippen molar-refractivity contribution in [1.29, 1.82) is 0 Å². The van der Waals surface area contributed by atoms with Crippen molar-refractivity contribution in [2.24, 2.45) is 17.8 Å². The number of halogens is 1. The fraction of sp³-hybridized carbons (Fsp3) is 1.00. The molecular formula is C13H26ClNO. The van der Waals surface area contributed by atoms with Crippen LogP contribution in [0.15, 0.2) is 0 Å². The molecule has 96 valence electrons. The van der Waals surface area contributed by atoms with Crippen LogP contribution in [-0.4, -0.2) is 32.2 Å². The summed E-state index contributed by atoms with van der Waals surface area (Å²) in [7, 11) is 0. The second-order valence-electron chi connectivity index (χ2n) is 5.28. The minimum absolute atomic E-state index is 0.635. The molecule has 2 atom stereocenters.